The number of aryl methyl sites for hydroxylation is 1. The Hall–Kier alpha value is -3.19. The zero-order chi connectivity index (χ0) is 22.6. The number of benzene rings is 3. The molecule has 31 heavy (non-hydrogen) atoms. The Morgan fingerprint density at radius 3 is 2.00 bits per heavy atom. The van der Waals surface area contributed by atoms with Crippen molar-refractivity contribution in [3.63, 3.8) is 0 Å². The van der Waals surface area contributed by atoms with Crippen molar-refractivity contribution in [2.24, 2.45) is 0 Å². The van der Waals surface area contributed by atoms with Crippen LogP contribution in [-0.2, 0) is 14.8 Å². The number of hydrogen-bond acceptors (Lipinski definition) is 3. The van der Waals surface area contributed by atoms with E-state index >= 15 is 0 Å². The highest BCUT2D eigenvalue weighted by Crippen LogP contribution is 2.25. The van der Waals surface area contributed by atoms with Gasteiger partial charge in [0.15, 0.2) is 0 Å². The fourth-order valence-electron chi connectivity index (χ4n) is 3.42. The predicted molar refractivity (Wildman–Crippen MR) is 121 cm³/mol. The summed E-state index contributed by atoms with van der Waals surface area (Å²) in [6, 6.07) is 20.8. The van der Waals surface area contributed by atoms with Crippen molar-refractivity contribution in [3.05, 3.63) is 101 Å². The van der Waals surface area contributed by atoms with Gasteiger partial charge in [-0.3, -0.25) is 9.10 Å². The van der Waals surface area contributed by atoms with Crippen molar-refractivity contribution in [1.82, 2.24) is 5.32 Å². The minimum atomic E-state index is -3.80. The van der Waals surface area contributed by atoms with Gasteiger partial charge in [0.05, 0.1) is 18.0 Å². The molecule has 0 fully saturated rings. The molecule has 3 aromatic rings. The van der Waals surface area contributed by atoms with E-state index in [1.54, 1.807) is 0 Å². The Morgan fingerprint density at radius 1 is 0.903 bits per heavy atom. The lowest BCUT2D eigenvalue weighted by atomic mass is 9.97. The summed E-state index contributed by atoms with van der Waals surface area (Å²) in [7, 11) is -3.80. The maximum absolute atomic E-state index is 13.3. The Balaban J connectivity index is 1.94. The third-order valence-electron chi connectivity index (χ3n) is 5.00. The fourth-order valence-corrected chi connectivity index (χ4v) is 4.60. The first-order chi connectivity index (χ1) is 14.7. The van der Waals surface area contributed by atoms with Crippen molar-refractivity contribution < 1.29 is 17.6 Å². The fraction of sp³-hybridized carbons (Fsp3) is 0.208. The average Bonchev–Trinajstić information content (AvgIpc) is 2.74. The minimum absolute atomic E-state index is 0.221. The van der Waals surface area contributed by atoms with E-state index in [9.17, 15) is 17.6 Å². The van der Waals surface area contributed by atoms with Crippen LogP contribution in [0.3, 0.4) is 0 Å². The van der Waals surface area contributed by atoms with Gasteiger partial charge in [-0.05, 0) is 49.2 Å². The second-order valence-corrected chi connectivity index (χ2v) is 9.33. The molecule has 0 bridgehead atoms. The number of halogens is 1. The molecule has 0 aliphatic carbocycles. The number of anilines is 1. The molecule has 0 spiro atoms. The lowest BCUT2D eigenvalue weighted by Gasteiger charge is -2.30. The van der Waals surface area contributed by atoms with E-state index in [2.05, 4.69) is 5.32 Å². The molecule has 7 heteroatoms. The molecule has 5 nitrogen and oxygen atoms in total. The number of sulfonamides is 1. The topological polar surface area (TPSA) is 66.5 Å². The standard InChI is InChI=1S/C24H25FN2O3S/c1-17-9-11-20(12-10-17)23(19-7-5-4-6-8-19)26-24(28)18(2)27(31(3,29)30)22-15-13-21(25)14-16-22/h4-16,18,23H,1-3H3,(H,26,28)/t18-,23+/m1/s1. The van der Waals surface area contributed by atoms with Crippen LogP contribution in [0.5, 0.6) is 0 Å². The maximum atomic E-state index is 13.3. The maximum Gasteiger partial charge on any atom is 0.244 e. The highest BCUT2D eigenvalue weighted by atomic mass is 32.2. The molecule has 1 N–H and O–H groups in total. The molecule has 0 aliphatic rings. The first-order valence-electron chi connectivity index (χ1n) is 9.83. The van der Waals surface area contributed by atoms with Crippen LogP contribution in [0.15, 0.2) is 78.9 Å². The molecule has 1 amide bonds. The van der Waals surface area contributed by atoms with Crippen molar-refractivity contribution in [2.45, 2.75) is 25.9 Å². The van der Waals surface area contributed by atoms with Gasteiger partial charge in [0.25, 0.3) is 0 Å². The first-order valence-corrected chi connectivity index (χ1v) is 11.7. The molecule has 0 aromatic heterocycles. The second kappa shape index (κ2) is 9.31. The summed E-state index contributed by atoms with van der Waals surface area (Å²) in [5.74, 6) is -0.956. The third kappa shape index (κ3) is 5.49. The molecule has 3 rings (SSSR count). The molecule has 0 aliphatic heterocycles. The minimum Gasteiger partial charge on any atom is -0.343 e. The van der Waals surface area contributed by atoms with Gasteiger partial charge in [0, 0.05) is 0 Å². The van der Waals surface area contributed by atoms with Gasteiger partial charge in [0.1, 0.15) is 11.9 Å². The Morgan fingerprint density at radius 2 is 1.45 bits per heavy atom. The van der Waals surface area contributed by atoms with Gasteiger partial charge in [0.2, 0.25) is 15.9 Å². The molecule has 0 saturated heterocycles. The van der Waals surface area contributed by atoms with Crippen LogP contribution in [-0.4, -0.2) is 26.6 Å². The van der Waals surface area contributed by atoms with Crippen LogP contribution in [0, 0.1) is 12.7 Å². The molecular formula is C24H25FN2O3S. The van der Waals surface area contributed by atoms with E-state index in [1.165, 1.54) is 19.1 Å². The summed E-state index contributed by atoms with van der Waals surface area (Å²) in [5, 5.41) is 2.98. The second-order valence-electron chi connectivity index (χ2n) is 7.47. The van der Waals surface area contributed by atoms with Crippen LogP contribution in [0.4, 0.5) is 10.1 Å². The summed E-state index contributed by atoms with van der Waals surface area (Å²) in [6.07, 6.45) is 1.02. The van der Waals surface area contributed by atoms with Crippen molar-refractivity contribution in [3.8, 4) is 0 Å². The molecule has 0 radical (unpaired) electrons. The molecule has 162 valence electrons. The van der Waals surface area contributed by atoms with Gasteiger partial charge in [-0.2, -0.15) is 0 Å². The number of carbonyl (C=O) groups is 1. The van der Waals surface area contributed by atoms with Gasteiger partial charge >= 0.3 is 0 Å². The highest BCUT2D eigenvalue weighted by molar-refractivity contribution is 7.92. The number of rotatable bonds is 7. The van der Waals surface area contributed by atoms with Gasteiger partial charge < -0.3 is 5.32 Å². The summed E-state index contributed by atoms with van der Waals surface area (Å²) in [4.78, 5) is 13.2. The van der Waals surface area contributed by atoms with Gasteiger partial charge in [-0.15, -0.1) is 0 Å². The van der Waals surface area contributed by atoms with Crippen LogP contribution in [0.1, 0.15) is 29.7 Å². The number of hydrogen-bond donors (Lipinski definition) is 1. The molecule has 0 heterocycles. The van der Waals surface area contributed by atoms with Crippen LogP contribution >= 0.6 is 0 Å². The average molecular weight is 441 g/mol. The van der Waals surface area contributed by atoms with E-state index in [-0.39, 0.29) is 5.69 Å². The Bertz CT molecular complexity index is 1130. The number of nitrogens with zero attached hydrogens (tertiary/aromatic N) is 1. The molecule has 3 aromatic carbocycles. The summed E-state index contributed by atoms with van der Waals surface area (Å²) < 4.78 is 39.3. The van der Waals surface area contributed by atoms with E-state index in [1.807, 2.05) is 61.5 Å². The normalized spacial score (nSPS) is 13.3. The van der Waals surface area contributed by atoms with E-state index < -0.39 is 33.8 Å². The van der Waals surface area contributed by atoms with Gasteiger partial charge in [-0.1, -0.05) is 60.2 Å². The summed E-state index contributed by atoms with van der Waals surface area (Å²) >= 11 is 0. The van der Waals surface area contributed by atoms with E-state index in [0.29, 0.717) is 0 Å². The Kier molecular flexibility index (Phi) is 6.75. The van der Waals surface area contributed by atoms with Crippen LogP contribution in [0.25, 0.3) is 0 Å². The number of carbonyl (C=O) groups excluding carboxylic acids is 1. The monoisotopic (exact) mass is 440 g/mol. The van der Waals surface area contributed by atoms with Crippen molar-refractivity contribution >= 4 is 21.6 Å². The quantitative estimate of drug-likeness (QED) is 0.599. The van der Waals surface area contributed by atoms with Crippen molar-refractivity contribution in [1.29, 1.82) is 0 Å². The molecular weight excluding hydrogens is 415 g/mol. The zero-order valence-electron chi connectivity index (χ0n) is 17.6. The zero-order valence-corrected chi connectivity index (χ0v) is 18.4. The predicted octanol–water partition coefficient (Wildman–Crippen LogP) is 4.19. The number of nitrogens with one attached hydrogen (secondary N) is 1. The lowest BCUT2D eigenvalue weighted by Crippen LogP contribution is -2.48. The van der Waals surface area contributed by atoms with E-state index in [4.69, 9.17) is 0 Å². The third-order valence-corrected chi connectivity index (χ3v) is 6.24. The first kappa shape index (κ1) is 22.5. The van der Waals surface area contributed by atoms with E-state index in [0.717, 1.165) is 39.4 Å². The SMILES string of the molecule is Cc1ccc([C@@H](NC(=O)[C@@H](C)N(c2ccc(F)cc2)S(C)(=O)=O)c2ccccc2)cc1. The molecule has 0 unspecified atom stereocenters. The van der Waals surface area contributed by atoms with Crippen LogP contribution in [0.2, 0.25) is 0 Å². The summed E-state index contributed by atoms with van der Waals surface area (Å²) in [6.45, 7) is 3.49. The smallest absolute Gasteiger partial charge is 0.244 e. The molecule has 2 atom stereocenters. The van der Waals surface area contributed by atoms with Crippen molar-refractivity contribution in [2.75, 3.05) is 10.6 Å². The highest BCUT2D eigenvalue weighted by Gasteiger charge is 2.31. The summed E-state index contributed by atoms with van der Waals surface area (Å²) in [5.41, 5.74) is 3.07. The Labute approximate surface area is 182 Å². The van der Waals surface area contributed by atoms with Gasteiger partial charge in [-0.25, -0.2) is 12.8 Å². The number of amides is 1. The molecule has 0 saturated carbocycles. The largest absolute Gasteiger partial charge is 0.343 e. The van der Waals surface area contributed by atoms with Crippen LogP contribution < -0.4 is 9.62 Å². The lowest BCUT2D eigenvalue weighted by molar-refractivity contribution is -0.122.